The number of rotatable bonds is 28. The number of carbonyl (C=O) groups is 8. The summed E-state index contributed by atoms with van der Waals surface area (Å²) >= 11 is 0. The highest BCUT2D eigenvalue weighted by molar-refractivity contribution is 5.95. The van der Waals surface area contributed by atoms with Crippen molar-refractivity contribution < 1.29 is 38.4 Å². The van der Waals surface area contributed by atoms with Crippen LogP contribution >= 0.6 is 0 Å². The van der Waals surface area contributed by atoms with Gasteiger partial charge in [-0.05, 0) is 103 Å². The molecule has 1 fully saturated rings. The summed E-state index contributed by atoms with van der Waals surface area (Å²) in [4.78, 5) is 105. The number of nitrogens with two attached hydrogens (primary N) is 6. The van der Waals surface area contributed by atoms with Crippen molar-refractivity contribution in [3.05, 3.63) is 0 Å². The predicted octanol–water partition coefficient (Wildman–Crippen LogP) is -0.510. The number of nitrogens with one attached hydrogen (secondary N) is 6. The SMILES string of the molecule is CC.CC(=O)C(NC(=O)CNC(=O)C(CCCN=C(N)N)NC(=O)CNC(=O)C(CCCCN)NC(=O)CNC(=O)C1CCCN1C(C)=O)C(C)C.CCCCN.CCCCN.CCCCN. The molecule has 67 heavy (non-hydrogen) atoms. The molecule has 0 bridgehead atoms. The second-order valence-corrected chi connectivity index (χ2v) is 15.8. The van der Waals surface area contributed by atoms with E-state index in [0.717, 1.165) is 19.6 Å². The van der Waals surface area contributed by atoms with Gasteiger partial charge in [-0.1, -0.05) is 67.7 Å². The highest BCUT2D eigenvalue weighted by Gasteiger charge is 2.33. The number of ketones is 1. The quantitative estimate of drug-likeness (QED) is 0.0267. The Labute approximate surface area is 401 Å². The molecule has 0 spiro atoms. The zero-order chi connectivity index (χ0) is 52.2. The van der Waals surface area contributed by atoms with Gasteiger partial charge in [-0.3, -0.25) is 43.3 Å². The molecule has 1 rings (SSSR count). The van der Waals surface area contributed by atoms with E-state index in [1.807, 2.05) is 13.8 Å². The first-order chi connectivity index (χ1) is 31.8. The Morgan fingerprint density at radius 2 is 1.03 bits per heavy atom. The fourth-order valence-electron chi connectivity index (χ4n) is 5.88. The number of Topliss-reactive ketones (excluding diaryl/α,β-unsaturated/α-hetero) is 1. The minimum atomic E-state index is -1.13. The van der Waals surface area contributed by atoms with Crippen LogP contribution in [0.5, 0.6) is 0 Å². The molecule has 1 saturated heterocycles. The molecule has 1 aliphatic rings. The van der Waals surface area contributed by atoms with Crippen molar-refractivity contribution in [2.75, 3.05) is 58.9 Å². The molecule has 0 saturated carbocycles. The Balaban J connectivity index is -0.000000992. The smallest absolute Gasteiger partial charge is 0.243 e. The third kappa shape index (κ3) is 38.8. The number of carbonyl (C=O) groups excluding carboxylic acids is 8. The van der Waals surface area contributed by atoms with Gasteiger partial charge in [0.05, 0.1) is 25.7 Å². The fraction of sp³-hybridized carbons (Fsp3) is 0.800. The van der Waals surface area contributed by atoms with Crippen LogP contribution in [0.3, 0.4) is 0 Å². The molecule has 0 aromatic heterocycles. The first-order valence-corrected chi connectivity index (χ1v) is 24.2. The van der Waals surface area contributed by atoms with Gasteiger partial charge in [-0.25, -0.2) is 0 Å². The van der Waals surface area contributed by atoms with Crippen molar-refractivity contribution in [3.63, 3.8) is 0 Å². The molecule has 0 aromatic rings. The molecule has 7 amide bonds. The number of likely N-dealkylation sites (tertiary alicyclic amines) is 1. The summed E-state index contributed by atoms with van der Waals surface area (Å²) in [5.41, 5.74) is 31.7. The molecule has 1 heterocycles. The van der Waals surface area contributed by atoms with E-state index in [-0.39, 0.29) is 49.4 Å². The molecule has 392 valence electrons. The van der Waals surface area contributed by atoms with Gasteiger partial charge in [-0.15, -0.1) is 0 Å². The van der Waals surface area contributed by atoms with Crippen LogP contribution in [0.4, 0.5) is 0 Å². The lowest BCUT2D eigenvalue weighted by Gasteiger charge is -2.23. The van der Waals surface area contributed by atoms with Crippen molar-refractivity contribution in [1.29, 1.82) is 0 Å². The van der Waals surface area contributed by atoms with Crippen LogP contribution in [-0.4, -0.2) is 141 Å². The summed E-state index contributed by atoms with van der Waals surface area (Å²) in [5.74, 6) is -4.59. The van der Waals surface area contributed by atoms with Gasteiger partial charge in [0.15, 0.2) is 11.7 Å². The van der Waals surface area contributed by atoms with Gasteiger partial charge in [0, 0.05) is 20.0 Å². The van der Waals surface area contributed by atoms with Crippen LogP contribution in [-0.2, 0) is 38.4 Å². The number of hydrogen-bond acceptors (Lipinski definition) is 13. The lowest BCUT2D eigenvalue weighted by molar-refractivity contribution is -0.137. The highest BCUT2D eigenvalue weighted by Crippen LogP contribution is 2.17. The Bertz CT molecular complexity index is 1380. The third-order valence-corrected chi connectivity index (χ3v) is 9.52. The molecule has 0 aromatic carbocycles. The molecule has 0 radical (unpaired) electrons. The lowest BCUT2D eigenvalue weighted by atomic mass is 10.0. The monoisotopic (exact) mass is 959 g/mol. The van der Waals surface area contributed by atoms with Crippen LogP contribution in [0.2, 0.25) is 0 Å². The standard InChI is InChI=1S/C31H55N11O8.3C4H11N.C2H6/c1-18(2)27(19(3)43)41-26(47)17-37-29(49)22(10-7-13-35-31(33)34)40-24(45)15-36-28(48)21(9-5-6-12-32)39-25(46)16-38-30(50)23-11-8-14-42(23)20(4)44;3*1-2-3-4-5;1-2/h18,21-23,27H,5-17,32H2,1-4H3,(H,36,48)(H,37,49)(H,38,50)(H,39,46)(H,40,45)(H,41,47)(H4,33,34,35);3*2-5H2,1H3;1-2H3. The summed E-state index contributed by atoms with van der Waals surface area (Å²) < 4.78 is 0. The molecule has 4 atom stereocenters. The second kappa shape index (κ2) is 46.2. The lowest BCUT2D eigenvalue weighted by Crippen LogP contribution is -2.54. The van der Waals surface area contributed by atoms with Crippen molar-refractivity contribution in [2.24, 2.45) is 45.3 Å². The van der Waals surface area contributed by atoms with E-state index in [9.17, 15) is 38.4 Å². The Hall–Kier alpha value is -4.93. The minimum absolute atomic E-state index is 0.0838. The Morgan fingerprint density at radius 1 is 0.612 bits per heavy atom. The summed E-state index contributed by atoms with van der Waals surface area (Å²) in [6.45, 7) is 18.7. The molecule has 22 nitrogen and oxygen atoms in total. The van der Waals surface area contributed by atoms with Gasteiger partial charge in [0.1, 0.15) is 18.1 Å². The zero-order valence-electron chi connectivity index (χ0n) is 42.6. The maximum Gasteiger partial charge on any atom is 0.243 e. The van der Waals surface area contributed by atoms with Crippen molar-refractivity contribution in [1.82, 2.24) is 36.8 Å². The summed E-state index contributed by atoms with van der Waals surface area (Å²) in [5, 5.41) is 15.1. The van der Waals surface area contributed by atoms with Crippen molar-refractivity contribution in [3.8, 4) is 0 Å². The van der Waals surface area contributed by atoms with Crippen LogP contribution in [0, 0.1) is 5.92 Å². The normalized spacial score (nSPS) is 13.6. The highest BCUT2D eigenvalue weighted by atomic mass is 16.2. The predicted molar refractivity (Wildman–Crippen MR) is 267 cm³/mol. The molecule has 0 aliphatic carbocycles. The molecular weight excluding hydrogens is 865 g/mol. The van der Waals surface area contributed by atoms with Crippen LogP contribution < -0.4 is 66.3 Å². The van der Waals surface area contributed by atoms with E-state index in [0.29, 0.717) is 38.8 Å². The number of unbranched alkanes of at least 4 members (excludes halogenated alkanes) is 4. The van der Waals surface area contributed by atoms with E-state index in [1.54, 1.807) is 13.8 Å². The molecule has 18 N–H and O–H groups in total. The van der Waals surface area contributed by atoms with E-state index >= 15 is 0 Å². The van der Waals surface area contributed by atoms with Crippen LogP contribution in [0.15, 0.2) is 4.99 Å². The minimum Gasteiger partial charge on any atom is -0.370 e. The molecular formula is C45H94N14O8. The molecule has 4 unspecified atom stereocenters. The number of nitrogens with zero attached hydrogens (tertiary/aromatic N) is 2. The molecule has 22 heteroatoms. The summed E-state index contributed by atoms with van der Waals surface area (Å²) in [7, 11) is 0. The maximum absolute atomic E-state index is 13.0. The number of amides is 7. The van der Waals surface area contributed by atoms with Crippen molar-refractivity contribution in [2.45, 2.75) is 170 Å². The number of hydrogen-bond donors (Lipinski definition) is 12. The van der Waals surface area contributed by atoms with E-state index in [1.165, 1.54) is 57.3 Å². The van der Waals surface area contributed by atoms with Gasteiger partial charge in [-0.2, -0.15) is 0 Å². The maximum atomic E-state index is 13.0. The van der Waals surface area contributed by atoms with Gasteiger partial charge >= 0.3 is 0 Å². The fourth-order valence-corrected chi connectivity index (χ4v) is 5.88. The van der Waals surface area contributed by atoms with Crippen LogP contribution in [0.1, 0.15) is 146 Å². The van der Waals surface area contributed by atoms with Gasteiger partial charge in [0.2, 0.25) is 41.4 Å². The van der Waals surface area contributed by atoms with Gasteiger partial charge < -0.3 is 71.2 Å². The van der Waals surface area contributed by atoms with Gasteiger partial charge in [0.25, 0.3) is 0 Å². The van der Waals surface area contributed by atoms with Crippen molar-refractivity contribution >= 4 is 53.1 Å². The average Bonchev–Trinajstić information content (AvgIpc) is 3.79. The summed E-state index contributed by atoms with van der Waals surface area (Å²) in [6.07, 6.45) is 9.93. The average molecular weight is 959 g/mol. The Morgan fingerprint density at radius 3 is 1.39 bits per heavy atom. The van der Waals surface area contributed by atoms with E-state index in [2.05, 4.69) is 57.7 Å². The number of guanidine groups is 1. The van der Waals surface area contributed by atoms with Crippen LogP contribution in [0.25, 0.3) is 0 Å². The Kier molecular flexibility index (Phi) is 47.3. The summed E-state index contributed by atoms with van der Waals surface area (Å²) in [6, 6.07) is -3.57. The second-order valence-electron chi connectivity index (χ2n) is 15.8. The first kappa shape index (κ1) is 68.6. The van der Waals surface area contributed by atoms with E-state index in [4.69, 9.17) is 34.4 Å². The first-order valence-electron chi connectivity index (χ1n) is 24.2. The third-order valence-electron chi connectivity index (χ3n) is 9.52. The zero-order valence-corrected chi connectivity index (χ0v) is 42.6. The largest absolute Gasteiger partial charge is 0.370 e. The topological polar surface area (TPSA) is 380 Å². The number of aliphatic imine (C=N–C) groups is 1. The van der Waals surface area contributed by atoms with E-state index < -0.39 is 79.2 Å². The molecule has 1 aliphatic heterocycles.